The van der Waals surface area contributed by atoms with Gasteiger partial charge in [0.25, 0.3) is 5.69 Å². The van der Waals surface area contributed by atoms with E-state index in [0.29, 0.717) is 22.7 Å². The number of rotatable bonds is 3. The minimum Gasteiger partial charge on any atom is -0.438 e. The van der Waals surface area contributed by atoms with E-state index in [4.69, 9.17) is 4.74 Å². The van der Waals surface area contributed by atoms with E-state index < -0.39 is 4.92 Å². The fourth-order valence-corrected chi connectivity index (χ4v) is 1.77. The molecule has 0 atom stereocenters. The Morgan fingerprint density at radius 3 is 2.70 bits per heavy atom. The third-order valence-electron chi connectivity index (χ3n) is 2.75. The maximum atomic E-state index is 10.6. The Hall–Kier alpha value is -3.03. The molecule has 0 N–H and O–H groups in total. The number of benzene rings is 1. The van der Waals surface area contributed by atoms with E-state index in [-0.39, 0.29) is 5.69 Å². The van der Waals surface area contributed by atoms with Gasteiger partial charge in [-0.1, -0.05) is 0 Å². The van der Waals surface area contributed by atoms with Crippen LogP contribution in [0.25, 0.3) is 11.0 Å². The fourth-order valence-electron chi connectivity index (χ4n) is 1.77. The van der Waals surface area contributed by atoms with Crippen molar-refractivity contribution in [3.8, 4) is 11.6 Å². The van der Waals surface area contributed by atoms with Crippen LogP contribution < -0.4 is 4.74 Å². The summed E-state index contributed by atoms with van der Waals surface area (Å²) in [6.45, 7) is 0. The second-order valence-corrected chi connectivity index (χ2v) is 4.04. The highest BCUT2D eigenvalue weighted by atomic mass is 16.6. The van der Waals surface area contributed by atoms with Crippen molar-refractivity contribution in [1.29, 1.82) is 0 Å². The zero-order chi connectivity index (χ0) is 14.1. The summed E-state index contributed by atoms with van der Waals surface area (Å²) in [4.78, 5) is 18.3. The third-order valence-corrected chi connectivity index (χ3v) is 2.75. The highest BCUT2D eigenvalue weighted by Gasteiger charge is 2.11. The van der Waals surface area contributed by atoms with Gasteiger partial charge in [-0.3, -0.25) is 14.8 Å². The van der Waals surface area contributed by atoms with Crippen LogP contribution in [0, 0.1) is 10.1 Å². The highest BCUT2D eigenvalue weighted by molar-refractivity contribution is 5.79. The first kappa shape index (κ1) is 12.0. The number of nitro groups is 1. The van der Waals surface area contributed by atoms with Crippen LogP contribution in [0.5, 0.6) is 11.6 Å². The predicted octanol–water partition coefficient (Wildman–Crippen LogP) is 2.06. The van der Waals surface area contributed by atoms with Gasteiger partial charge in [-0.15, -0.1) is 0 Å². The molecule has 20 heavy (non-hydrogen) atoms. The summed E-state index contributed by atoms with van der Waals surface area (Å²) in [5.41, 5.74) is 0.656. The average Bonchev–Trinajstić information content (AvgIpc) is 2.82. The molecule has 0 bridgehead atoms. The Kier molecular flexibility index (Phi) is 2.75. The van der Waals surface area contributed by atoms with Crippen LogP contribution in [0.2, 0.25) is 0 Å². The van der Waals surface area contributed by atoms with Crippen molar-refractivity contribution in [3.63, 3.8) is 0 Å². The highest BCUT2D eigenvalue weighted by Crippen LogP contribution is 2.27. The molecule has 0 saturated heterocycles. The molecular formula is C12H9N5O3. The predicted molar refractivity (Wildman–Crippen MR) is 69.5 cm³/mol. The van der Waals surface area contributed by atoms with Gasteiger partial charge >= 0.3 is 0 Å². The van der Waals surface area contributed by atoms with E-state index in [2.05, 4.69) is 15.1 Å². The van der Waals surface area contributed by atoms with E-state index >= 15 is 0 Å². The third kappa shape index (κ3) is 2.03. The largest absolute Gasteiger partial charge is 0.438 e. The Morgan fingerprint density at radius 2 is 2.00 bits per heavy atom. The summed E-state index contributed by atoms with van der Waals surface area (Å²) < 4.78 is 7.22. The van der Waals surface area contributed by atoms with Gasteiger partial charge in [-0.2, -0.15) is 5.10 Å². The van der Waals surface area contributed by atoms with Gasteiger partial charge in [0.15, 0.2) is 5.65 Å². The molecular weight excluding hydrogens is 262 g/mol. The number of fused-ring (bicyclic) bond motifs is 1. The van der Waals surface area contributed by atoms with Crippen molar-refractivity contribution < 1.29 is 9.66 Å². The van der Waals surface area contributed by atoms with Crippen LogP contribution >= 0.6 is 0 Å². The quantitative estimate of drug-likeness (QED) is 0.534. The molecule has 0 fully saturated rings. The molecule has 8 nitrogen and oxygen atoms in total. The number of non-ortho nitro benzene ring substituents is 1. The van der Waals surface area contributed by atoms with Crippen LogP contribution in [0.4, 0.5) is 5.69 Å². The minimum absolute atomic E-state index is 0.00608. The van der Waals surface area contributed by atoms with Crippen LogP contribution in [-0.2, 0) is 7.05 Å². The maximum Gasteiger partial charge on any atom is 0.269 e. The number of hydrogen-bond acceptors (Lipinski definition) is 6. The maximum absolute atomic E-state index is 10.6. The van der Waals surface area contributed by atoms with Gasteiger partial charge < -0.3 is 4.74 Å². The van der Waals surface area contributed by atoms with Crippen LogP contribution in [0.1, 0.15) is 0 Å². The van der Waals surface area contributed by atoms with Crippen LogP contribution in [-0.4, -0.2) is 24.7 Å². The molecule has 0 spiro atoms. The first-order valence-electron chi connectivity index (χ1n) is 5.70. The monoisotopic (exact) mass is 271 g/mol. The van der Waals surface area contributed by atoms with E-state index in [9.17, 15) is 10.1 Å². The van der Waals surface area contributed by atoms with Crippen molar-refractivity contribution in [2.75, 3.05) is 0 Å². The summed E-state index contributed by atoms with van der Waals surface area (Å²) in [5, 5.41) is 15.3. The molecule has 3 rings (SSSR count). The van der Waals surface area contributed by atoms with Crippen LogP contribution in [0.3, 0.4) is 0 Å². The van der Waals surface area contributed by atoms with Gasteiger partial charge in [0.2, 0.25) is 5.88 Å². The smallest absolute Gasteiger partial charge is 0.269 e. The SMILES string of the molecule is Cn1ncc2c(Oc3ccc([N+](=O)[O-])cc3)ncnc21. The molecule has 2 aromatic heterocycles. The fraction of sp³-hybridized carbons (Fsp3) is 0.0833. The molecule has 100 valence electrons. The molecule has 3 aromatic rings. The summed E-state index contributed by atoms with van der Waals surface area (Å²) >= 11 is 0. The van der Waals surface area contributed by atoms with E-state index in [1.807, 2.05) is 0 Å². The average molecular weight is 271 g/mol. The first-order valence-corrected chi connectivity index (χ1v) is 5.70. The molecule has 0 aliphatic carbocycles. The van der Waals surface area contributed by atoms with Crippen molar-refractivity contribution in [2.45, 2.75) is 0 Å². The lowest BCUT2D eigenvalue weighted by atomic mass is 10.3. The van der Waals surface area contributed by atoms with Crippen molar-refractivity contribution in [3.05, 3.63) is 46.9 Å². The molecule has 0 aliphatic heterocycles. The zero-order valence-corrected chi connectivity index (χ0v) is 10.4. The van der Waals surface area contributed by atoms with Gasteiger partial charge in [-0.25, -0.2) is 9.97 Å². The van der Waals surface area contributed by atoms with E-state index in [1.165, 1.54) is 30.6 Å². The van der Waals surface area contributed by atoms with Crippen molar-refractivity contribution in [2.24, 2.45) is 7.05 Å². The lowest BCUT2D eigenvalue weighted by molar-refractivity contribution is -0.384. The zero-order valence-electron chi connectivity index (χ0n) is 10.4. The molecule has 0 unspecified atom stereocenters. The lowest BCUT2D eigenvalue weighted by Gasteiger charge is -2.04. The van der Waals surface area contributed by atoms with Gasteiger partial charge in [-0.05, 0) is 12.1 Å². The first-order chi connectivity index (χ1) is 9.65. The molecule has 0 aliphatic rings. The standard InChI is InChI=1S/C12H9N5O3/c1-16-11-10(6-15-16)12(14-7-13-11)20-9-4-2-8(3-5-9)17(18)19/h2-7H,1H3. The van der Waals surface area contributed by atoms with Gasteiger partial charge in [0, 0.05) is 19.2 Å². The number of hydrogen-bond donors (Lipinski definition) is 0. The van der Waals surface area contributed by atoms with Gasteiger partial charge in [0.1, 0.15) is 17.5 Å². The normalized spacial score (nSPS) is 10.7. The van der Waals surface area contributed by atoms with Crippen LogP contribution in [0.15, 0.2) is 36.8 Å². The molecule has 8 heteroatoms. The summed E-state index contributed by atoms with van der Waals surface area (Å²) in [6, 6.07) is 5.78. The van der Waals surface area contributed by atoms with Gasteiger partial charge in [0.05, 0.1) is 11.1 Å². The summed E-state index contributed by atoms with van der Waals surface area (Å²) in [7, 11) is 1.77. The topological polar surface area (TPSA) is 96.0 Å². The Bertz CT molecular complexity index is 781. The number of aryl methyl sites for hydroxylation is 1. The molecule has 0 saturated carbocycles. The number of nitro benzene ring substituents is 1. The summed E-state index contributed by atoms with van der Waals surface area (Å²) in [6.07, 6.45) is 2.99. The van der Waals surface area contributed by atoms with Crippen molar-refractivity contribution in [1.82, 2.24) is 19.7 Å². The number of nitrogens with zero attached hydrogens (tertiary/aromatic N) is 5. The lowest BCUT2D eigenvalue weighted by Crippen LogP contribution is -1.94. The summed E-state index contributed by atoms with van der Waals surface area (Å²) in [5.74, 6) is 0.816. The second kappa shape index (κ2) is 4.57. The Morgan fingerprint density at radius 1 is 1.25 bits per heavy atom. The molecule has 0 amide bonds. The van der Waals surface area contributed by atoms with E-state index in [0.717, 1.165) is 0 Å². The number of ether oxygens (including phenoxy) is 1. The van der Waals surface area contributed by atoms with Crippen molar-refractivity contribution >= 4 is 16.7 Å². The Labute approximate surface area is 112 Å². The second-order valence-electron chi connectivity index (χ2n) is 4.04. The molecule has 1 aromatic carbocycles. The molecule has 2 heterocycles. The molecule has 0 radical (unpaired) electrons. The van der Waals surface area contributed by atoms with E-state index in [1.54, 1.807) is 17.9 Å². The minimum atomic E-state index is -0.464. The number of aromatic nitrogens is 4. The Balaban J connectivity index is 1.95.